The number of rotatable bonds is 3. The van der Waals surface area contributed by atoms with Gasteiger partial charge in [0, 0.05) is 5.56 Å². The third-order valence-corrected chi connectivity index (χ3v) is 4.60. The van der Waals surface area contributed by atoms with Crippen molar-refractivity contribution in [2.45, 2.75) is 44.1 Å². The van der Waals surface area contributed by atoms with Crippen molar-refractivity contribution in [2.75, 3.05) is 0 Å². The van der Waals surface area contributed by atoms with Gasteiger partial charge in [0.05, 0.1) is 4.47 Å². The van der Waals surface area contributed by atoms with Crippen LogP contribution >= 0.6 is 15.9 Å². The number of phenolic OH excluding ortho intramolecular Hbond substituents is 1. The van der Waals surface area contributed by atoms with E-state index < -0.39 is 17.4 Å². The average molecular weight is 356 g/mol. The Balaban J connectivity index is 2.21. The first-order chi connectivity index (χ1) is 9.94. The molecule has 2 rings (SSSR count). The topological polar surface area (TPSA) is 86.6 Å². The summed E-state index contributed by atoms with van der Waals surface area (Å²) in [4.78, 5) is 23.9. The van der Waals surface area contributed by atoms with Gasteiger partial charge < -0.3 is 15.5 Å². The van der Waals surface area contributed by atoms with Gasteiger partial charge in [-0.3, -0.25) is 4.79 Å². The number of amides is 1. The predicted octanol–water partition coefficient (Wildman–Crippen LogP) is 3.06. The van der Waals surface area contributed by atoms with Crippen molar-refractivity contribution in [1.29, 1.82) is 0 Å². The summed E-state index contributed by atoms with van der Waals surface area (Å²) in [5.41, 5.74) is -0.948. The van der Waals surface area contributed by atoms with Crippen LogP contribution in [0.1, 0.15) is 48.9 Å². The molecule has 0 saturated heterocycles. The standard InChI is InChI=1S/C15H18BrNO4/c16-11-6-5-10(9-12(11)18)13(19)17-15(14(20)21)7-3-1-2-4-8-15/h5-6,9,18H,1-4,7-8H2,(H,17,19)(H,20,21). The van der Waals surface area contributed by atoms with E-state index in [1.807, 2.05) is 0 Å². The minimum Gasteiger partial charge on any atom is -0.507 e. The van der Waals surface area contributed by atoms with E-state index in [0.717, 1.165) is 25.7 Å². The van der Waals surface area contributed by atoms with E-state index in [9.17, 15) is 19.8 Å². The number of nitrogens with one attached hydrogen (secondary N) is 1. The maximum Gasteiger partial charge on any atom is 0.329 e. The third kappa shape index (κ3) is 3.56. The van der Waals surface area contributed by atoms with Gasteiger partial charge in [-0.2, -0.15) is 0 Å². The van der Waals surface area contributed by atoms with Gasteiger partial charge in [-0.1, -0.05) is 25.7 Å². The Labute approximate surface area is 131 Å². The minimum atomic E-state index is -1.20. The molecule has 1 aliphatic carbocycles. The first-order valence-electron chi connectivity index (χ1n) is 6.99. The highest BCUT2D eigenvalue weighted by Crippen LogP contribution is 2.29. The van der Waals surface area contributed by atoms with Crippen LogP contribution in [-0.4, -0.2) is 27.6 Å². The molecule has 0 atom stereocenters. The van der Waals surface area contributed by atoms with Crippen LogP contribution in [0.15, 0.2) is 22.7 Å². The molecular weight excluding hydrogens is 338 g/mol. The molecule has 1 aliphatic rings. The molecular formula is C15H18BrNO4. The van der Waals surface area contributed by atoms with Gasteiger partial charge in [0.25, 0.3) is 5.91 Å². The van der Waals surface area contributed by atoms with E-state index in [2.05, 4.69) is 21.2 Å². The molecule has 3 N–H and O–H groups in total. The molecule has 1 saturated carbocycles. The molecule has 6 heteroatoms. The normalized spacial score (nSPS) is 17.8. The van der Waals surface area contributed by atoms with Gasteiger partial charge in [0.2, 0.25) is 0 Å². The fraction of sp³-hybridized carbons (Fsp3) is 0.467. The van der Waals surface area contributed by atoms with Crippen LogP contribution < -0.4 is 5.32 Å². The molecule has 0 heterocycles. The number of hydrogen-bond donors (Lipinski definition) is 3. The highest BCUT2D eigenvalue weighted by Gasteiger charge is 2.40. The smallest absolute Gasteiger partial charge is 0.329 e. The van der Waals surface area contributed by atoms with Crippen molar-refractivity contribution in [2.24, 2.45) is 0 Å². The number of carboxylic acids is 1. The predicted molar refractivity (Wildman–Crippen MR) is 81.3 cm³/mol. The van der Waals surface area contributed by atoms with Gasteiger partial charge >= 0.3 is 5.97 Å². The number of carboxylic acid groups (broad SMARTS) is 1. The lowest BCUT2D eigenvalue weighted by molar-refractivity contribution is -0.145. The van der Waals surface area contributed by atoms with Crippen LogP contribution in [0.3, 0.4) is 0 Å². The van der Waals surface area contributed by atoms with Crippen molar-refractivity contribution in [3.05, 3.63) is 28.2 Å². The minimum absolute atomic E-state index is 0.0482. The Morgan fingerprint density at radius 2 is 1.76 bits per heavy atom. The van der Waals surface area contributed by atoms with E-state index >= 15 is 0 Å². The second-order valence-electron chi connectivity index (χ2n) is 5.42. The second-order valence-corrected chi connectivity index (χ2v) is 6.28. The van der Waals surface area contributed by atoms with E-state index in [0.29, 0.717) is 17.3 Å². The Bertz CT molecular complexity index is 551. The first kappa shape index (κ1) is 15.8. The van der Waals surface area contributed by atoms with E-state index in [1.165, 1.54) is 6.07 Å². The number of hydrogen-bond acceptors (Lipinski definition) is 3. The molecule has 1 aromatic carbocycles. The lowest BCUT2D eigenvalue weighted by Crippen LogP contribution is -2.54. The highest BCUT2D eigenvalue weighted by atomic mass is 79.9. The summed E-state index contributed by atoms with van der Waals surface area (Å²) in [7, 11) is 0. The number of phenols is 1. The molecule has 5 nitrogen and oxygen atoms in total. The third-order valence-electron chi connectivity index (χ3n) is 3.93. The lowest BCUT2D eigenvalue weighted by atomic mass is 9.90. The summed E-state index contributed by atoms with van der Waals surface area (Å²) in [6, 6.07) is 4.43. The van der Waals surface area contributed by atoms with Crippen LogP contribution in [0.5, 0.6) is 5.75 Å². The quantitative estimate of drug-likeness (QED) is 0.727. The maximum absolute atomic E-state index is 12.3. The second kappa shape index (κ2) is 6.47. The van der Waals surface area contributed by atoms with Crippen molar-refractivity contribution >= 4 is 27.8 Å². The number of aromatic hydroxyl groups is 1. The van der Waals surface area contributed by atoms with Crippen LogP contribution in [0, 0.1) is 0 Å². The first-order valence-corrected chi connectivity index (χ1v) is 7.78. The monoisotopic (exact) mass is 355 g/mol. The molecule has 1 amide bonds. The summed E-state index contributed by atoms with van der Waals surface area (Å²) in [5.74, 6) is -1.51. The average Bonchev–Trinajstić information content (AvgIpc) is 2.68. The fourth-order valence-corrected chi connectivity index (χ4v) is 2.91. The molecule has 0 radical (unpaired) electrons. The van der Waals surface area contributed by atoms with E-state index in [4.69, 9.17) is 0 Å². The Morgan fingerprint density at radius 1 is 1.14 bits per heavy atom. The zero-order valence-corrected chi connectivity index (χ0v) is 13.1. The fourth-order valence-electron chi connectivity index (χ4n) is 2.67. The molecule has 114 valence electrons. The van der Waals surface area contributed by atoms with E-state index in [1.54, 1.807) is 12.1 Å². The molecule has 1 aromatic rings. The SMILES string of the molecule is O=C(NC1(C(=O)O)CCCCCC1)c1ccc(Br)c(O)c1. The molecule has 0 spiro atoms. The Hall–Kier alpha value is -1.56. The van der Waals surface area contributed by atoms with Crippen LogP contribution in [0.2, 0.25) is 0 Å². The maximum atomic E-state index is 12.3. The van der Waals surface area contributed by atoms with Gasteiger partial charge in [0.15, 0.2) is 0 Å². The molecule has 21 heavy (non-hydrogen) atoms. The van der Waals surface area contributed by atoms with Crippen molar-refractivity contribution < 1.29 is 19.8 Å². The highest BCUT2D eigenvalue weighted by molar-refractivity contribution is 9.10. The van der Waals surface area contributed by atoms with Crippen LogP contribution in [0.4, 0.5) is 0 Å². The zero-order chi connectivity index (χ0) is 15.5. The van der Waals surface area contributed by atoms with Gasteiger partial charge in [-0.05, 0) is 47.0 Å². The zero-order valence-electron chi connectivity index (χ0n) is 11.6. The number of benzene rings is 1. The van der Waals surface area contributed by atoms with Crippen molar-refractivity contribution in [1.82, 2.24) is 5.32 Å². The van der Waals surface area contributed by atoms with Crippen molar-refractivity contribution in [3.63, 3.8) is 0 Å². The molecule has 0 aliphatic heterocycles. The molecule has 1 fully saturated rings. The van der Waals surface area contributed by atoms with Crippen LogP contribution in [-0.2, 0) is 4.79 Å². The van der Waals surface area contributed by atoms with E-state index in [-0.39, 0.29) is 11.3 Å². The van der Waals surface area contributed by atoms with Gasteiger partial charge in [-0.25, -0.2) is 4.79 Å². The number of carbonyl (C=O) groups excluding carboxylic acids is 1. The molecule has 0 bridgehead atoms. The summed E-state index contributed by atoms with van der Waals surface area (Å²) in [6.45, 7) is 0. The summed E-state index contributed by atoms with van der Waals surface area (Å²) in [5, 5.41) is 21.8. The number of halogens is 1. The summed E-state index contributed by atoms with van der Waals surface area (Å²) in [6.07, 6.45) is 4.44. The number of aliphatic carboxylic acids is 1. The summed E-state index contributed by atoms with van der Waals surface area (Å²) < 4.78 is 0.487. The molecule has 0 aromatic heterocycles. The summed E-state index contributed by atoms with van der Waals surface area (Å²) >= 11 is 3.15. The Kier molecular flexibility index (Phi) is 4.88. The largest absolute Gasteiger partial charge is 0.507 e. The van der Waals surface area contributed by atoms with Crippen molar-refractivity contribution in [3.8, 4) is 5.75 Å². The van der Waals surface area contributed by atoms with Gasteiger partial charge in [0.1, 0.15) is 11.3 Å². The van der Waals surface area contributed by atoms with Gasteiger partial charge in [-0.15, -0.1) is 0 Å². The molecule has 0 unspecified atom stereocenters. The lowest BCUT2D eigenvalue weighted by Gasteiger charge is -2.29. The van der Waals surface area contributed by atoms with Crippen LogP contribution in [0.25, 0.3) is 0 Å². The Morgan fingerprint density at radius 3 is 2.29 bits per heavy atom. The number of carbonyl (C=O) groups is 2.